The number of amides is 1. The highest BCUT2D eigenvalue weighted by Gasteiger charge is 2.35. The van der Waals surface area contributed by atoms with E-state index in [4.69, 9.17) is 9.47 Å². The Hall–Kier alpha value is -3.00. The maximum Gasteiger partial charge on any atom is 0.267 e. The van der Waals surface area contributed by atoms with E-state index in [1.807, 2.05) is 0 Å². The van der Waals surface area contributed by atoms with Gasteiger partial charge in [-0.1, -0.05) is 30.9 Å². The lowest BCUT2D eigenvalue weighted by molar-refractivity contribution is -0.122. The number of sulfonamides is 1. The molecule has 2 aromatic carbocycles. The highest BCUT2D eigenvalue weighted by atomic mass is 32.2. The van der Waals surface area contributed by atoms with E-state index < -0.39 is 22.0 Å². The average molecular weight is 402 g/mol. The van der Waals surface area contributed by atoms with E-state index >= 15 is 0 Å². The van der Waals surface area contributed by atoms with E-state index in [9.17, 15) is 13.2 Å². The highest BCUT2D eigenvalue weighted by Crippen LogP contribution is 2.35. The van der Waals surface area contributed by atoms with Crippen molar-refractivity contribution in [1.29, 1.82) is 0 Å². The van der Waals surface area contributed by atoms with Crippen molar-refractivity contribution in [1.82, 2.24) is 0 Å². The van der Waals surface area contributed by atoms with Crippen LogP contribution in [0.4, 0.5) is 11.4 Å². The number of hydrogen-bond donors (Lipinski definition) is 1. The molecule has 1 aliphatic rings. The van der Waals surface area contributed by atoms with Gasteiger partial charge in [0.05, 0.1) is 18.0 Å². The van der Waals surface area contributed by atoms with Crippen molar-refractivity contribution in [2.24, 2.45) is 0 Å². The lowest BCUT2D eigenvalue weighted by atomic mass is 10.2. The van der Waals surface area contributed by atoms with Crippen LogP contribution in [0.1, 0.15) is 6.92 Å². The molecule has 0 aromatic heterocycles. The number of benzene rings is 2. The van der Waals surface area contributed by atoms with E-state index in [1.54, 1.807) is 61.5 Å². The smallest absolute Gasteiger partial charge is 0.267 e. The second kappa shape index (κ2) is 8.35. The Bertz CT molecular complexity index is 974. The van der Waals surface area contributed by atoms with Crippen molar-refractivity contribution in [3.05, 3.63) is 61.2 Å². The summed E-state index contributed by atoms with van der Waals surface area (Å²) in [7, 11) is -3.55. The SMILES string of the molecule is C=CCOc1cccc(NC(=O)C2CN(S(=O)(=O)CC)c3ccccc3O2)c1. The number of para-hydroxylation sites is 2. The second-order valence-electron chi connectivity index (χ2n) is 6.12. The lowest BCUT2D eigenvalue weighted by Gasteiger charge is -2.34. The zero-order valence-electron chi connectivity index (χ0n) is 15.5. The first-order chi connectivity index (χ1) is 13.4. The maximum absolute atomic E-state index is 12.7. The van der Waals surface area contributed by atoms with Crippen molar-refractivity contribution in [2.45, 2.75) is 13.0 Å². The van der Waals surface area contributed by atoms with Gasteiger partial charge in [-0.3, -0.25) is 9.10 Å². The normalized spacial score (nSPS) is 15.9. The van der Waals surface area contributed by atoms with Crippen LogP contribution in [0.15, 0.2) is 61.2 Å². The van der Waals surface area contributed by atoms with Crippen molar-refractivity contribution in [3.63, 3.8) is 0 Å². The van der Waals surface area contributed by atoms with Crippen LogP contribution >= 0.6 is 0 Å². The monoisotopic (exact) mass is 402 g/mol. The van der Waals surface area contributed by atoms with E-state index in [0.717, 1.165) is 0 Å². The standard InChI is InChI=1S/C20H22N2O5S/c1-3-12-26-16-9-7-8-15(13-16)21-20(23)19-14-22(28(24,25)4-2)17-10-5-6-11-18(17)27-19/h3,5-11,13,19H,1,4,12,14H2,2H3,(H,21,23). The summed E-state index contributed by atoms with van der Waals surface area (Å²) in [6, 6.07) is 13.7. The molecule has 0 saturated heterocycles. The number of carbonyl (C=O) groups is 1. The van der Waals surface area contributed by atoms with Crippen LogP contribution in [0.25, 0.3) is 0 Å². The fourth-order valence-corrected chi connectivity index (χ4v) is 3.92. The molecule has 0 saturated carbocycles. The summed E-state index contributed by atoms with van der Waals surface area (Å²) in [4.78, 5) is 12.7. The molecule has 0 bridgehead atoms. The number of nitrogens with zero attached hydrogens (tertiary/aromatic N) is 1. The molecule has 7 nitrogen and oxygen atoms in total. The molecule has 1 atom stereocenters. The number of nitrogens with one attached hydrogen (secondary N) is 1. The Morgan fingerprint density at radius 3 is 2.86 bits per heavy atom. The van der Waals surface area contributed by atoms with E-state index in [0.29, 0.717) is 29.5 Å². The molecule has 0 spiro atoms. The van der Waals surface area contributed by atoms with Gasteiger partial charge in [0.2, 0.25) is 10.0 Å². The molecule has 0 fully saturated rings. The molecular formula is C20H22N2O5S. The molecule has 3 rings (SSSR count). The van der Waals surface area contributed by atoms with Crippen molar-refractivity contribution in [3.8, 4) is 11.5 Å². The largest absolute Gasteiger partial charge is 0.489 e. The Morgan fingerprint density at radius 2 is 2.11 bits per heavy atom. The Kier molecular flexibility index (Phi) is 5.89. The van der Waals surface area contributed by atoms with Crippen LogP contribution in [0.3, 0.4) is 0 Å². The fourth-order valence-electron chi connectivity index (χ4n) is 2.80. The third kappa shape index (κ3) is 4.28. The first kappa shape index (κ1) is 19.8. The van der Waals surface area contributed by atoms with Gasteiger partial charge in [0.1, 0.15) is 18.1 Å². The van der Waals surface area contributed by atoms with Gasteiger partial charge in [0.25, 0.3) is 5.91 Å². The summed E-state index contributed by atoms with van der Waals surface area (Å²) < 4.78 is 37.5. The van der Waals surface area contributed by atoms with Gasteiger partial charge < -0.3 is 14.8 Å². The Labute approximate surface area is 164 Å². The summed E-state index contributed by atoms with van der Waals surface area (Å²) in [5, 5.41) is 2.76. The quantitative estimate of drug-likeness (QED) is 0.720. The van der Waals surface area contributed by atoms with Crippen molar-refractivity contribution < 1.29 is 22.7 Å². The van der Waals surface area contributed by atoms with Gasteiger partial charge in [-0.25, -0.2) is 8.42 Å². The molecule has 1 N–H and O–H groups in total. The second-order valence-corrected chi connectivity index (χ2v) is 8.30. The first-order valence-corrected chi connectivity index (χ1v) is 10.5. The van der Waals surface area contributed by atoms with Crippen LogP contribution in [-0.2, 0) is 14.8 Å². The zero-order chi connectivity index (χ0) is 20.1. The van der Waals surface area contributed by atoms with E-state index in [1.165, 1.54) is 4.31 Å². The molecule has 1 aliphatic heterocycles. The molecule has 0 aliphatic carbocycles. The predicted molar refractivity (Wildman–Crippen MR) is 108 cm³/mol. The number of hydrogen-bond acceptors (Lipinski definition) is 5. The van der Waals surface area contributed by atoms with Gasteiger partial charge in [0, 0.05) is 11.8 Å². The molecule has 1 unspecified atom stereocenters. The molecule has 1 amide bonds. The molecule has 8 heteroatoms. The molecule has 148 valence electrons. The molecule has 0 radical (unpaired) electrons. The van der Waals surface area contributed by atoms with Crippen molar-refractivity contribution in [2.75, 3.05) is 28.5 Å². The lowest BCUT2D eigenvalue weighted by Crippen LogP contribution is -2.49. The van der Waals surface area contributed by atoms with Gasteiger partial charge >= 0.3 is 0 Å². The fraction of sp³-hybridized carbons (Fsp3) is 0.250. The zero-order valence-corrected chi connectivity index (χ0v) is 16.3. The minimum atomic E-state index is -3.55. The summed E-state index contributed by atoms with van der Waals surface area (Å²) in [6.07, 6.45) is 0.649. The number of ether oxygens (including phenoxy) is 2. The molecular weight excluding hydrogens is 380 g/mol. The average Bonchev–Trinajstić information content (AvgIpc) is 2.71. The van der Waals surface area contributed by atoms with Gasteiger partial charge in [-0.2, -0.15) is 0 Å². The molecule has 2 aromatic rings. The number of rotatable bonds is 7. The minimum Gasteiger partial charge on any atom is -0.489 e. The molecule has 1 heterocycles. The Morgan fingerprint density at radius 1 is 1.32 bits per heavy atom. The molecule has 28 heavy (non-hydrogen) atoms. The van der Waals surface area contributed by atoms with Crippen LogP contribution in [0.2, 0.25) is 0 Å². The van der Waals surface area contributed by atoms with Gasteiger partial charge in [-0.05, 0) is 31.2 Å². The number of anilines is 2. The first-order valence-electron chi connectivity index (χ1n) is 8.85. The number of carbonyl (C=O) groups excluding carboxylic acids is 1. The van der Waals surface area contributed by atoms with E-state index in [-0.39, 0.29) is 12.3 Å². The topological polar surface area (TPSA) is 84.9 Å². The van der Waals surface area contributed by atoms with Crippen LogP contribution in [0, 0.1) is 0 Å². The van der Waals surface area contributed by atoms with Crippen LogP contribution in [0.5, 0.6) is 11.5 Å². The third-order valence-electron chi connectivity index (χ3n) is 4.20. The highest BCUT2D eigenvalue weighted by molar-refractivity contribution is 7.92. The van der Waals surface area contributed by atoms with Crippen molar-refractivity contribution >= 4 is 27.3 Å². The summed E-state index contributed by atoms with van der Waals surface area (Å²) in [5.74, 6) is 0.432. The van der Waals surface area contributed by atoms with Gasteiger partial charge in [-0.15, -0.1) is 0 Å². The van der Waals surface area contributed by atoms with Crippen LogP contribution in [-0.4, -0.2) is 39.3 Å². The number of fused-ring (bicyclic) bond motifs is 1. The van der Waals surface area contributed by atoms with Gasteiger partial charge in [0.15, 0.2) is 6.10 Å². The van der Waals surface area contributed by atoms with Crippen LogP contribution < -0.4 is 19.1 Å². The third-order valence-corrected chi connectivity index (χ3v) is 5.94. The summed E-state index contributed by atoms with van der Waals surface area (Å²) in [6.45, 7) is 5.42. The summed E-state index contributed by atoms with van der Waals surface area (Å²) in [5.41, 5.74) is 0.965. The maximum atomic E-state index is 12.7. The summed E-state index contributed by atoms with van der Waals surface area (Å²) >= 11 is 0. The minimum absolute atomic E-state index is 0.0711. The predicted octanol–water partition coefficient (Wildman–Crippen LogP) is 2.81. The van der Waals surface area contributed by atoms with E-state index in [2.05, 4.69) is 11.9 Å². The Balaban J connectivity index is 1.80.